The van der Waals surface area contributed by atoms with Crippen LogP contribution >= 0.6 is 11.3 Å². The van der Waals surface area contributed by atoms with Gasteiger partial charge in [-0.25, -0.2) is 0 Å². The number of benzene rings is 1. The number of aryl methyl sites for hydroxylation is 3. The molecule has 0 fully saturated rings. The molecule has 122 valence electrons. The normalized spacial score (nSPS) is 10.3. The van der Waals surface area contributed by atoms with Gasteiger partial charge < -0.3 is 15.4 Å². The summed E-state index contributed by atoms with van der Waals surface area (Å²) >= 11 is 1.42. The minimum Gasteiger partial charge on any atom is -0.495 e. The average molecular weight is 332 g/mol. The largest absolute Gasteiger partial charge is 0.495 e. The maximum atomic E-state index is 12.0. The van der Waals surface area contributed by atoms with Crippen molar-refractivity contribution in [3.63, 3.8) is 0 Å². The SMILES string of the molecule is COc1ccc(C)cc1NC(=O)CNC(=O)c1cc(C)c(C)s1. The second-order valence-corrected chi connectivity index (χ2v) is 6.54. The van der Waals surface area contributed by atoms with E-state index < -0.39 is 0 Å². The minimum absolute atomic E-state index is 0.0913. The average Bonchev–Trinajstić information content (AvgIpc) is 2.85. The molecule has 0 unspecified atom stereocenters. The van der Waals surface area contributed by atoms with E-state index in [0.29, 0.717) is 16.3 Å². The molecule has 0 aliphatic heterocycles. The number of ether oxygens (including phenoxy) is 1. The van der Waals surface area contributed by atoms with Crippen LogP contribution in [-0.2, 0) is 4.79 Å². The summed E-state index contributed by atoms with van der Waals surface area (Å²) in [5.41, 5.74) is 2.68. The number of rotatable bonds is 5. The van der Waals surface area contributed by atoms with E-state index in [-0.39, 0.29) is 18.4 Å². The van der Waals surface area contributed by atoms with E-state index >= 15 is 0 Å². The molecule has 5 nitrogen and oxygen atoms in total. The number of hydrogen-bond donors (Lipinski definition) is 2. The van der Waals surface area contributed by atoms with Crippen LogP contribution in [0.3, 0.4) is 0 Å². The van der Waals surface area contributed by atoms with Gasteiger partial charge in [0.05, 0.1) is 24.2 Å². The molecule has 23 heavy (non-hydrogen) atoms. The summed E-state index contributed by atoms with van der Waals surface area (Å²) in [6, 6.07) is 7.35. The van der Waals surface area contributed by atoms with Crippen molar-refractivity contribution in [1.82, 2.24) is 5.32 Å². The molecule has 2 rings (SSSR count). The van der Waals surface area contributed by atoms with Gasteiger partial charge >= 0.3 is 0 Å². The van der Waals surface area contributed by atoms with Gasteiger partial charge in [0.1, 0.15) is 5.75 Å². The first-order chi connectivity index (χ1) is 10.9. The lowest BCUT2D eigenvalue weighted by Crippen LogP contribution is -2.32. The van der Waals surface area contributed by atoms with E-state index in [1.165, 1.54) is 11.3 Å². The third-order valence-corrected chi connectivity index (χ3v) is 4.58. The number of thiophene rings is 1. The molecule has 1 heterocycles. The van der Waals surface area contributed by atoms with E-state index in [1.807, 2.05) is 39.0 Å². The molecule has 0 aliphatic rings. The van der Waals surface area contributed by atoms with Crippen LogP contribution in [-0.4, -0.2) is 25.5 Å². The number of hydrogen-bond acceptors (Lipinski definition) is 4. The maximum Gasteiger partial charge on any atom is 0.261 e. The van der Waals surface area contributed by atoms with E-state index in [9.17, 15) is 9.59 Å². The molecule has 1 aromatic carbocycles. The fourth-order valence-electron chi connectivity index (χ4n) is 2.05. The number of amides is 2. The molecule has 0 bridgehead atoms. The zero-order valence-electron chi connectivity index (χ0n) is 13.6. The highest BCUT2D eigenvalue weighted by atomic mass is 32.1. The lowest BCUT2D eigenvalue weighted by atomic mass is 10.2. The van der Waals surface area contributed by atoms with Crippen molar-refractivity contribution in [2.24, 2.45) is 0 Å². The van der Waals surface area contributed by atoms with Gasteiger partial charge in [0.15, 0.2) is 0 Å². The van der Waals surface area contributed by atoms with E-state index in [2.05, 4.69) is 10.6 Å². The molecule has 0 saturated heterocycles. The van der Waals surface area contributed by atoms with Crippen molar-refractivity contribution in [2.45, 2.75) is 20.8 Å². The van der Waals surface area contributed by atoms with E-state index in [1.54, 1.807) is 13.2 Å². The molecule has 0 saturated carbocycles. The smallest absolute Gasteiger partial charge is 0.261 e. The van der Waals surface area contributed by atoms with Crippen LogP contribution in [0.4, 0.5) is 5.69 Å². The van der Waals surface area contributed by atoms with Crippen molar-refractivity contribution < 1.29 is 14.3 Å². The van der Waals surface area contributed by atoms with Gasteiger partial charge in [-0.3, -0.25) is 9.59 Å². The zero-order chi connectivity index (χ0) is 17.0. The van der Waals surface area contributed by atoms with Gasteiger partial charge in [0, 0.05) is 4.88 Å². The molecule has 2 N–H and O–H groups in total. The van der Waals surface area contributed by atoms with Gasteiger partial charge in [-0.2, -0.15) is 0 Å². The molecule has 0 spiro atoms. The third kappa shape index (κ3) is 4.32. The number of anilines is 1. The molecular weight excluding hydrogens is 312 g/mol. The standard InChI is InChI=1S/C17H20N2O3S/c1-10-5-6-14(22-4)13(7-10)19-16(20)9-18-17(21)15-8-11(2)12(3)23-15/h5-8H,9H2,1-4H3,(H,18,21)(H,19,20). The van der Waals surface area contributed by atoms with Crippen molar-refractivity contribution in [1.29, 1.82) is 0 Å². The summed E-state index contributed by atoms with van der Waals surface area (Å²) < 4.78 is 5.21. The Balaban J connectivity index is 1.95. The Morgan fingerprint density at radius 1 is 1.17 bits per heavy atom. The highest BCUT2D eigenvalue weighted by Gasteiger charge is 2.13. The second-order valence-electron chi connectivity index (χ2n) is 5.28. The van der Waals surface area contributed by atoms with Crippen LogP contribution in [0.1, 0.15) is 25.7 Å². The second kappa shape index (κ2) is 7.28. The Hall–Kier alpha value is -2.34. The van der Waals surface area contributed by atoms with Crippen LogP contribution in [0.25, 0.3) is 0 Å². The Kier molecular flexibility index (Phi) is 5.39. The number of methoxy groups -OCH3 is 1. The van der Waals surface area contributed by atoms with Gasteiger partial charge in [-0.1, -0.05) is 6.07 Å². The minimum atomic E-state index is -0.299. The predicted molar refractivity (Wildman–Crippen MR) is 92.5 cm³/mol. The molecule has 0 atom stereocenters. The van der Waals surface area contributed by atoms with E-state index in [4.69, 9.17) is 4.74 Å². The quantitative estimate of drug-likeness (QED) is 0.884. The highest BCUT2D eigenvalue weighted by molar-refractivity contribution is 7.14. The molecule has 6 heteroatoms. The number of nitrogens with one attached hydrogen (secondary N) is 2. The first-order valence-corrected chi connectivity index (χ1v) is 8.02. The van der Waals surface area contributed by atoms with Crippen LogP contribution in [0.15, 0.2) is 24.3 Å². The topological polar surface area (TPSA) is 67.4 Å². The van der Waals surface area contributed by atoms with Gasteiger partial charge in [0.25, 0.3) is 5.91 Å². The summed E-state index contributed by atoms with van der Waals surface area (Å²) in [4.78, 5) is 25.8. The number of carbonyl (C=O) groups excluding carboxylic acids is 2. The van der Waals surface area contributed by atoms with E-state index in [0.717, 1.165) is 16.0 Å². The predicted octanol–water partition coefficient (Wildman–Crippen LogP) is 3.05. The highest BCUT2D eigenvalue weighted by Crippen LogP contribution is 2.25. The summed E-state index contributed by atoms with van der Waals surface area (Å²) in [6.45, 7) is 5.76. The zero-order valence-corrected chi connectivity index (χ0v) is 14.5. The van der Waals surface area contributed by atoms with Gasteiger partial charge in [0.2, 0.25) is 5.91 Å². The van der Waals surface area contributed by atoms with Crippen molar-refractivity contribution in [2.75, 3.05) is 19.0 Å². The first-order valence-electron chi connectivity index (χ1n) is 7.20. The Labute approximate surface area is 139 Å². The lowest BCUT2D eigenvalue weighted by Gasteiger charge is -2.11. The summed E-state index contributed by atoms with van der Waals surface area (Å²) in [6.07, 6.45) is 0. The molecule has 2 aromatic rings. The van der Waals surface area contributed by atoms with Crippen LogP contribution in [0.5, 0.6) is 5.75 Å². The summed E-state index contributed by atoms with van der Waals surface area (Å²) in [5.74, 6) is 0.0459. The van der Waals surface area contributed by atoms with Crippen LogP contribution < -0.4 is 15.4 Å². The Morgan fingerprint density at radius 3 is 2.52 bits per heavy atom. The number of carbonyl (C=O) groups is 2. The summed E-state index contributed by atoms with van der Waals surface area (Å²) in [7, 11) is 1.55. The molecule has 1 aromatic heterocycles. The monoisotopic (exact) mass is 332 g/mol. The Morgan fingerprint density at radius 2 is 1.91 bits per heavy atom. The van der Waals surface area contributed by atoms with Crippen LogP contribution in [0.2, 0.25) is 0 Å². The first kappa shape index (κ1) is 17.0. The fraction of sp³-hybridized carbons (Fsp3) is 0.294. The van der Waals surface area contributed by atoms with Crippen LogP contribution in [0, 0.1) is 20.8 Å². The van der Waals surface area contributed by atoms with Crippen molar-refractivity contribution in [3.8, 4) is 5.75 Å². The van der Waals surface area contributed by atoms with Gasteiger partial charge in [-0.05, 0) is 50.1 Å². The third-order valence-electron chi connectivity index (χ3n) is 3.43. The molecule has 0 radical (unpaired) electrons. The van der Waals surface area contributed by atoms with Gasteiger partial charge in [-0.15, -0.1) is 11.3 Å². The van der Waals surface area contributed by atoms with Crippen molar-refractivity contribution >= 4 is 28.8 Å². The Bertz CT molecular complexity index is 718. The van der Waals surface area contributed by atoms with Crippen molar-refractivity contribution in [3.05, 3.63) is 45.1 Å². The maximum absolute atomic E-state index is 12.0. The summed E-state index contributed by atoms with van der Waals surface area (Å²) in [5, 5.41) is 5.38. The fourth-order valence-corrected chi connectivity index (χ4v) is 3.00. The molecule has 2 amide bonds. The molecule has 0 aliphatic carbocycles. The lowest BCUT2D eigenvalue weighted by molar-refractivity contribution is -0.115. The molecular formula is C17H20N2O3S.